The number of rotatable bonds is 4. The summed E-state index contributed by atoms with van der Waals surface area (Å²) in [7, 11) is 1.52. The first-order valence-electron chi connectivity index (χ1n) is 9.14. The fraction of sp³-hybridized carbons (Fsp3) is 0.250. The van der Waals surface area contributed by atoms with E-state index in [1.165, 1.54) is 19.4 Å². The highest BCUT2D eigenvalue weighted by atomic mass is 19.4. The second-order valence-electron chi connectivity index (χ2n) is 6.79. The first kappa shape index (κ1) is 19.7. The van der Waals surface area contributed by atoms with Gasteiger partial charge in [0.2, 0.25) is 0 Å². The van der Waals surface area contributed by atoms with E-state index < -0.39 is 24.2 Å². The molecule has 0 saturated heterocycles. The molecule has 10 heteroatoms. The second-order valence-corrected chi connectivity index (χ2v) is 6.79. The molecule has 3 heterocycles. The molecule has 0 radical (unpaired) electrons. The molecule has 3 aromatic rings. The summed E-state index contributed by atoms with van der Waals surface area (Å²) in [6, 6.07) is 10.6. The molecule has 4 rings (SSSR count). The number of nitrogens with zero attached hydrogens (tertiary/aromatic N) is 3. The molecule has 1 amide bonds. The number of pyridine rings is 1. The number of halogens is 3. The monoisotopic (exact) mass is 417 g/mol. The van der Waals surface area contributed by atoms with Gasteiger partial charge in [-0.3, -0.25) is 4.79 Å². The van der Waals surface area contributed by atoms with Crippen LogP contribution in [0.5, 0.6) is 5.75 Å². The average Bonchev–Trinajstić information content (AvgIpc) is 3.17. The number of carbonyl (C=O) groups excluding carboxylic acids is 1. The summed E-state index contributed by atoms with van der Waals surface area (Å²) in [5, 5.41) is 9.51. The van der Waals surface area contributed by atoms with E-state index in [2.05, 4.69) is 20.7 Å². The molecule has 156 valence electrons. The van der Waals surface area contributed by atoms with Crippen molar-refractivity contribution in [1.29, 1.82) is 0 Å². The minimum atomic E-state index is -4.53. The predicted molar refractivity (Wildman–Crippen MR) is 103 cm³/mol. The lowest BCUT2D eigenvalue weighted by Gasteiger charge is -2.33. The van der Waals surface area contributed by atoms with Crippen molar-refractivity contribution in [2.24, 2.45) is 0 Å². The highest BCUT2D eigenvalue weighted by Gasteiger charge is 2.46. The number of hydrogen-bond acceptors (Lipinski definition) is 5. The first-order chi connectivity index (χ1) is 14.3. The van der Waals surface area contributed by atoms with Crippen LogP contribution in [-0.2, 0) is 0 Å². The third-order valence-corrected chi connectivity index (χ3v) is 4.85. The topological polar surface area (TPSA) is 81.1 Å². The normalized spacial score (nSPS) is 18.3. The number of benzene rings is 1. The number of carbonyl (C=O) groups is 1. The zero-order chi connectivity index (χ0) is 21.3. The molecular formula is C20H18F3N5O2. The lowest BCUT2D eigenvalue weighted by molar-refractivity contribution is -0.173. The third-order valence-electron chi connectivity index (χ3n) is 4.85. The van der Waals surface area contributed by atoms with E-state index in [-0.39, 0.29) is 23.8 Å². The molecule has 0 saturated carbocycles. The molecule has 0 bridgehead atoms. The van der Waals surface area contributed by atoms with Crippen LogP contribution in [0.1, 0.15) is 34.6 Å². The van der Waals surface area contributed by atoms with E-state index in [4.69, 9.17) is 4.74 Å². The van der Waals surface area contributed by atoms with Gasteiger partial charge in [-0.1, -0.05) is 18.2 Å². The van der Waals surface area contributed by atoms with Crippen LogP contribution in [0.4, 0.5) is 24.8 Å². The van der Waals surface area contributed by atoms with Gasteiger partial charge in [0.25, 0.3) is 5.91 Å². The molecule has 1 aromatic carbocycles. The zero-order valence-corrected chi connectivity index (χ0v) is 15.8. The van der Waals surface area contributed by atoms with Crippen LogP contribution in [0.25, 0.3) is 0 Å². The fourth-order valence-corrected chi connectivity index (χ4v) is 3.36. The highest BCUT2D eigenvalue weighted by Crippen LogP contribution is 2.43. The Kier molecular flexibility index (Phi) is 5.06. The van der Waals surface area contributed by atoms with Gasteiger partial charge in [0.15, 0.2) is 11.7 Å². The number of aromatic nitrogens is 3. The van der Waals surface area contributed by atoms with Crippen LogP contribution in [0.15, 0.2) is 54.7 Å². The van der Waals surface area contributed by atoms with Crippen molar-refractivity contribution in [3.05, 3.63) is 66.0 Å². The van der Waals surface area contributed by atoms with Gasteiger partial charge in [0.1, 0.15) is 17.4 Å². The zero-order valence-electron chi connectivity index (χ0n) is 15.8. The molecule has 0 spiro atoms. The average molecular weight is 417 g/mol. The van der Waals surface area contributed by atoms with Crippen LogP contribution in [0.2, 0.25) is 0 Å². The summed E-state index contributed by atoms with van der Waals surface area (Å²) in [4.78, 5) is 16.4. The quantitative estimate of drug-likeness (QED) is 0.665. The molecule has 0 fully saturated rings. The van der Waals surface area contributed by atoms with Crippen molar-refractivity contribution < 1.29 is 22.7 Å². The van der Waals surface area contributed by atoms with E-state index in [1.54, 1.807) is 42.5 Å². The van der Waals surface area contributed by atoms with Gasteiger partial charge in [-0.15, -0.1) is 0 Å². The minimum Gasteiger partial charge on any atom is -0.497 e. The first-order valence-corrected chi connectivity index (χ1v) is 9.14. The van der Waals surface area contributed by atoms with Crippen LogP contribution in [0, 0.1) is 0 Å². The summed E-state index contributed by atoms with van der Waals surface area (Å²) < 4.78 is 47.2. The number of anilines is 2. The van der Waals surface area contributed by atoms with Crippen molar-refractivity contribution >= 4 is 17.5 Å². The number of ether oxygens (including phenoxy) is 1. The van der Waals surface area contributed by atoms with E-state index in [1.807, 2.05) is 0 Å². The van der Waals surface area contributed by atoms with Crippen molar-refractivity contribution in [2.45, 2.75) is 24.7 Å². The maximum Gasteiger partial charge on any atom is 0.410 e. The van der Waals surface area contributed by atoms with E-state index >= 15 is 0 Å². The van der Waals surface area contributed by atoms with E-state index in [0.717, 1.165) is 4.68 Å². The Morgan fingerprint density at radius 2 is 2.00 bits per heavy atom. The number of fused-ring (bicyclic) bond motifs is 1. The van der Waals surface area contributed by atoms with Gasteiger partial charge in [0, 0.05) is 18.7 Å². The van der Waals surface area contributed by atoms with Crippen molar-refractivity contribution in [3.8, 4) is 5.75 Å². The number of methoxy groups -OCH3 is 1. The van der Waals surface area contributed by atoms with Crippen LogP contribution < -0.4 is 15.4 Å². The summed E-state index contributed by atoms with van der Waals surface area (Å²) in [5.41, 5.74) is 0.546. The van der Waals surface area contributed by atoms with Crippen LogP contribution >= 0.6 is 0 Å². The van der Waals surface area contributed by atoms with E-state index in [0.29, 0.717) is 11.3 Å². The molecule has 1 aliphatic rings. The standard InChI is InChI=1S/C20H18F3N5O2/c1-30-13-7-5-12(6-8-13)14-10-16(20(21,22)23)28-18(25-14)11-15(27-28)19(29)26-17-4-2-3-9-24-17/h2-9,11,14,16,25H,10H2,1H3,(H,24,26,29)/t14-,16+/m1/s1. The smallest absolute Gasteiger partial charge is 0.410 e. The predicted octanol–water partition coefficient (Wildman–Crippen LogP) is 4.20. The van der Waals surface area contributed by atoms with E-state index in [9.17, 15) is 18.0 Å². The SMILES string of the molecule is COc1ccc([C@H]2C[C@@H](C(F)(F)F)n3nc(C(=O)Nc4ccccn4)cc3N2)cc1. The van der Waals surface area contributed by atoms with Gasteiger partial charge in [-0.25, -0.2) is 9.67 Å². The van der Waals surface area contributed by atoms with Gasteiger partial charge in [-0.05, 0) is 29.8 Å². The van der Waals surface area contributed by atoms with Gasteiger partial charge in [-0.2, -0.15) is 18.3 Å². The van der Waals surface area contributed by atoms with Crippen molar-refractivity contribution in [2.75, 3.05) is 17.7 Å². The highest BCUT2D eigenvalue weighted by molar-refractivity contribution is 6.02. The molecule has 2 atom stereocenters. The summed E-state index contributed by atoms with van der Waals surface area (Å²) in [6.45, 7) is 0. The Bertz CT molecular complexity index is 1030. The maximum absolute atomic E-state index is 13.8. The molecule has 7 nitrogen and oxygen atoms in total. The van der Waals surface area contributed by atoms with Crippen LogP contribution in [-0.4, -0.2) is 34.0 Å². The Hall–Kier alpha value is -3.56. The summed E-state index contributed by atoms with van der Waals surface area (Å²) in [6.07, 6.45) is -3.29. The van der Waals surface area contributed by atoms with Crippen molar-refractivity contribution in [1.82, 2.24) is 14.8 Å². The molecule has 0 unspecified atom stereocenters. The van der Waals surface area contributed by atoms with Crippen LogP contribution in [0.3, 0.4) is 0 Å². The Morgan fingerprint density at radius 1 is 1.23 bits per heavy atom. The summed E-state index contributed by atoms with van der Waals surface area (Å²) in [5.74, 6) is 0.375. The van der Waals surface area contributed by atoms with Gasteiger partial charge >= 0.3 is 6.18 Å². The Balaban J connectivity index is 1.63. The lowest BCUT2D eigenvalue weighted by atomic mass is 9.97. The molecule has 30 heavy (non-hydrogen) atoms. The minimum absolute atomic E-state index is 0.121. The largest absolute Gasteiger partial charge is 0.497 e. The lowest BCUT2D eigenvalue weighted by Crippen LogP contribution is -2.35. The molecule has 2 N–H and O–H groups in total. The van der Waals surface area contributed by atoms with Gasteiger partial charge in [0.05, 0.1) is 13.2 Å². The number of alkyl halides is 3. The molecule has 0 aliphatic carbocycles. The second kappa shape index (κ2) is 7.69. The Morgan fingerprint density at radius 3 is 2.63 bits per heavy atom. The molecule has 1 aliphatic heterocycles. The third kappa shape index (κ3) is 3.93. The fourth-order valence-electron chi connectivity index (χ4n) is 3.36. The number of amides is 1. The Labute approximate surface area is 169 Å². The van der Waals surface area contributed by atoms with Crippen molar-refractivity contribution in [3.63, 3.8) is 0 Å². The molecule has 2 aromatic heterocycles. The molecular weight excluding hydrogens is 399 g/mol. The maximum atomic E-state index is 13.8. The summed E-state index contributed by atoms with van der Waals surface area (Å²) >= 11 is 0. The number of hydrogen-bond donors (Lipinski definition) is 2. The number of nitrogens with one attached hydrogen (secondary N) is 2. The van der Waals surface area contributed by atoms with Gasteiger partial charge < -0.3 is 15.4 Å².